The zero-order chi connectivity index (χ0) is 13.8. The van der Waals surface area contributed by atoms with Crippen LogP contribution in [0.3, 0.4) is 0 Å². The van der Waals surface area contributed by atoms with Crippen LogP contribution in [-0.4, -0.2) is 4.98 Å². The Kier molecular flexibility index (Phi) is 5.39. The highest BCUT2D eigenvalue weighted by Gasteiger charge is 2.10. The Morgan fingerprint density at radius 2 is 2.05 bits per heavy atom. The Morgan fingerprint density at radius 3 is 2.74 bits per heavy atom. The van der Waals surface area contributed by atoms with Crippen molar-refractivity contribution >= 4 is 43.5 Å². The van der Waals surface area contributed by atoms with Crippen molar-refractivity contribution in [3.63, 3.8) is 0 Å². The van der Waals surface area contributed by atoms with Crippen molar-refractivity contribution in [3.05, 3.63) is 61.8 Å². The molecule has 19 heavy (non-hydrogen) atoms. The van der Waals surface area contributed by atoms with E-state index in [0.717, 1.165) is 25.2 Å². The summed E-state index contributed by atoms with van der Waals surface area (Å²) in [6, 6.07) is 10.0. The molecule has 1 heterocycles. The fraction of sp³-hybridized carbons (Fsp3) is 0.214. The number of nitrogens with one attached hydrogen (secondary N) is 1. The molecule has 2 aromatic rings. The zero-order valence-corrected chi connectivity index (χ0v) is 14.3. The van der Waals surface area contributed by atoms with Crippen LogP contribution in [0.25, 0.3) is 0 Å². The van der Waals surface area contributed by atoms with Crippen LogP contribution >= 0.6 is 43.5 Å². The first-order valence-corrected chi connectivity index (χ1v) is 7.82. The van der Waals surface area contributed by atoms with Crippen LogP contribution in [0.15, 0.2) is 45.5 Å². The van der Waals surface area contributed by atoms with E-state index in [4.69, 9.17) is 11.6 Å². The molecule has 1 aromatic carbocycles. The van der Waals surface area contributed by atoms with Crippen molar-refractivity contribution in [2.24, 2.45) is 0 Å². The molecule has 0 radical (unpaired) electrons. The predicted molar refractivity (Wildman–Crippen MR) is 86.3 cm³/mol. The molecule has 0 bridgehead atoms. The lowest BCUT2D eigenvalue weighted by atomic mass is 10.1. The molecule has 0 saturated heterocycles. The maximum Gasteiger partial charge on any atom is 0.0684 e. The molecule has 0 aliphatic heterocycles. The third kappa shape index (κ3) is 4.02. The third-order valence-electron chi connectivity index (χ3n) is 2.83. The molecule has 1 N–H and O–H groups in total. The predicted octanol–water partition coefficient (Wildman–Crippen LogP) is 5.11. The second-order valence-corrected chi connectivity index (χ2v) is 6.38. The summed E-state index contributed by atoms with van der Waals surface area (Å²) in [6.07, 6.45) is 1.79. The number of pyridine rings is 1. The first kappa shape index (κ1) is 15.0. The summed E-state index contributed by atoms with van der Waals surface area (Å²) in [4.78, 5) is 4.38. The first-order chi connectivity index (χ1) is 9.08. The molecule has 2 rings (SSSR count). The molecule has 0 spiro atoms. The van der Waals surface area contributed by atoms with Gasteiger partial charge in [-0.1, -0.05) is 29.8 Å². The van der Waals surface area contributed by atoms with Crippen LogP contribution in [0, 0.1) is 0 Å². The molecule has 1 aromatic heterocycles. The highest BCUT2D eigenvalue weighted by molar-refractivity contribution is 9.11. The highest BCUT2D eigenvalue weighted by Crippen LogP contribution is 2.24. The lowest BCUT2D eigenvalue weighted by molar-refractivity contribution is 0.566. The minimum absolute atomic E-state index is 0.172. The van der Waals surface area contributed by atoms with E-state index in [1.54, 1.807) is 6.20 Å². The van der Waals surface area contributed by atoms with Crippen LogP contribution in [0.2, 0.25) is 5.02 Å². The Labute approximate surface area is 134 Å². The topological polar surface area (TPSA) is 24.9 Å². The average molecular weight is 405 g/mol. The lowest BCUT2D eigenvalue weighted by Gasteiger charge is -2.16. The summed E-state index contributed by atoms with van der Waals surface area (Å²) in [6.45, 7) is 2.77. The van der Waals surface area contributed by atoms with Gasteiger partial charge in [-0.15, -0.1) is 0 Å². The quantitative estimate of drug-likeness (QED) is 0.766. The van der Waals surface area contributed by atoms with Crippen molar-refractivity contribution < 1.29 is 0 Å². The van der Waals surface area contributed by atoms with Gasteiger partial charge in [-0.2, -0.15) is 0 Å². The summed E-state index contributed by atoms with van der Waals surface area (Å²) in [5.74, 6) is 0. The minimum atomic E-state index is 0.172. The monoisotopic (exact) mass is 402 g/mol. The summed E-state index contributed by atoms with van der Waals surface area (Å²) in [5, 5.41) is 4.21. The number of hydrogen-bond acceptors (Lipinski definition) is 2. The van der Waals surface area contributed by atoms with Gasteiger partial charge in [0.2, 0.25) is 0 Å². The Bertz CT molecular complexity index is 575. The third-order valence-corrected chi connectivity index (χ3v) is 4.30. The largest absolute Gasteiger partial charge is 0.304 e. The molecule has 0 saturated carbocycles. The van der Waals surface area contributed by atoms with E-state index in [1.807, 2.05) is 30.3 Å². The number of rotatable bonds is 4. The normalized spacial score (nSPS) is 12.4. The van der Waals surface area contributed by atoms with Crippen molar-refractivity contribution in [1.29, 1.82) is 0 Å². The van der Waals surface area contributed by atoms with Crippen LogP contribution in [0.1, 0.15) is 24.2 Å². The van der Waals surface area contributed by atoms with E-state index < -0.39 is 0 Å². The van der Waals surface area contributed by atoms with Crippen LogP contribution < -0.4 is 5.32 Å². The fourth-order valence-electron chi connectivity index (χ4n) is 1.76. The Hall–Kier alpha value is -0.420. The van der Waals surface area contributed by atoms with Gasteiger partial charge < -0.3 is 5.32 Å². The van der Waals surface area contributed by atoms with E-state index >= 15 is 0 Å². The Morgan fingerprint density at radius 1 is 1.32 bits per heavy atom. The van der Waals surface area contributed by atoms with E-state index in [2.05, 4.69) is 49.1 Å². The highest BCUT2D eigenvalue weighted by atomic mass is 79.9. The molecule has 1 atom stereocenters. The fourth-order valence-corrected chi connectivity index (χ4v) is 3.19. The number of nitrogens with zero attached hydrogens (tertiary/aromatic N) is 1. The second-order valence-electron chi connectivity index (χ2n) is 4.21. The van der Waals surface area contributed by atoms with Gasteiger partial charge in [0.25, 0.3) is 0 Å². The van der Waals surface area contributed by atoms with Crippen molar-refractivity contribution in [2.45, 2.75) is 19.5 Å². The first-order valence-electron chi connectivity index (χ1n) is 5.85. The Balaban J connectivity index is 2.04. The van der Waals surface area contributed by atoms with Gasteiger partial charge in [0.1, 0.15) is 0 Å². The summed E-state index contributed by atoms with van der Waals surface area (Å²) < 4.78 is 1.95. The van der Waals surface area contributed by atoms with Crippen molar-refractivity contribution in [1.82, 2.24) is 10.3 Å². The van der Waals surface area contributed by atoms with Gasteiger partial charge in [-0.25, -0.2) is 0 Å². The number of benzene rings is 1. The molecule has 0 fully saturated rings. The maximum absolute atomic E-state index is 6.18. The van der Waals surface area contributed by atoms with Gasteiger partial charge in [-0.05, 0) is 56.5 Å². The molecule has 0 aliphatic rings. The minimum Gasteiger partial charge on any atom is -0.304 e. The molecule has 0 amide bonds. The summed E-state index contributed by atoms with van der Waals surface area (Å²) in [7, 11) is 0. The van der Waals surface area contributed by atoms with Crippen molar-refractivity contribution in [3.8, 4) is 0 Å². The van der Waals surface area contributed by atoms with Crippen molar-refractivity contribution in [2.75, 3.05) is 0 Å². The van der Waals surface area contributed by atoms with E-state index in [1.165, 1.54) is 0 Å². The van der Waals surface area contributed by atoms with Gasteiger partial charge in [0.15, 0.2) is 0 Å². The summed E-state index contributed by atoms with van der Waals surface area (Å²) >= 11 is 13.1. The van der Waals surface area contributed by atoms with Gasteiger partial charge >= 0.3 is 0 Å². The van der Waals surface area contributed by atoms with Gasteiger partial charge in [-0.3, -0.25) is 4.98 Å². The maximum atomic E-state index is 6.18. The second kappa shape index (κ2) is 6.84. The van der Waals surface area contributed by atoms with Gasteiger partial charge in [0.05, 0.1) is 5.69 Å². The standard InChI is InChI=1S/C14H13Br2ClN2/c1-9(11-4-2-3-5-13(11)17)18-8-14-12(16)6-10(15)7-19-14/h2-7,9,18H,8H2,1H3/t9-/m0/s1. The lowest BCUT2D eigenvalue weighted by Crippen LogP contribution is -2.19. The molecule has 2 nitrogen and oxygen atoms in total. The molecule has 100 valence electrons. The SMILES string of the molecule is C[C@H](NCc1ncc(Br)cc1Br)c1ccccc1Cl. The van der Waals surface area contributed by atoms with Crippen LogP contribution in [0.4, 0.5) is 0 Å². The van der Waals surface area contributed by atoms with E-state index in [-0.39, 0.29) is 6.04 Å². The van der Waals surface area contributed by atoms with Crippen LogP contribution in [-0.2, 0) is 6.54 Å². The molecule has 0 aliphatic carbocycles. The van der Waals surface area contributed by atoms with Crippen LogP contribution in [0.5, 0.6) is 0 Å². The zero-order valence-electron chi connectivity index (χ0n) is 10.3. The van der Waals surface area contributed by atoms with Gasteiger partial charge in [0, 0.05) is 32.8 Å². The molecular weight excluding hydrogens is 391 g/mol. The number of halogens is 3. The summed E-state index contributed by atoms with van der Waals surface area (Å²) in [5.41, 5.74) is 2.07. The molecular formula is C14H13Br2ClN2. The smallest absolute Gasteiger partial charge is 0.0684 e. The average Bonchev–Trinajstić information content (AvgIpc) is 2.38. The number of aromatic nitrogens is 1. The van der Waals surface area contributed by atoms with E-state index in [9.17, 15) is 0 Å². The number of hydrogen-bond donors (Lipinski definition) is 1. The molecule has 5 heteroatoms. The van der Waals surface area contributed by atoms with E-state index in [0.29, 0.717) is 6.54 Å². The molecule has 0 unspecified atom stereocenters.